The number of ketones is 1. The average molecular weight is 2060 g/mol. The maximum absolute atomic E-state index is 15.5. The Balaban J connectivity index is 0.802. The highest BCUT2D eigenvalue weighted by Crippen LogP contribution is 2.34. The molecular formula is C103H142N22O21S. The predicted molar refractivity (Wildman–Crippen MR) is 545 cm³/mol. The van der Waals surface area contributed by atoms with Crippen molar-refractivity contribution in [2.75, 3.05) is 38.5 Å². The van der Waals surface area contributed by atoms with Gasteiger partial charge in [-0.15, -0.1) is 0 Å². The van der Waals surface area contributed by atoms with E-state index in [-0.39, 0.29) is 162 Å². The van der Waals surface area contributed by atoms with Gasteiger partial charge in [-0.05, 0) is 156 Å². The number of aromatic amines is 2. The zero-order valence-corrected chi connectivity index (χ0v) is 84.6. The Morgan fingerprint density at radius 2 is 0.986 bits per heavy atom. The third kappa shape index (κ3) is 35.8. The van der Waals surface area contributed by atoms with Crippen molar-refractivity contribution < 1.29 is 101 Å². The lowest BCUT2D eigenvalue weighted by molar-refractivity contribution is -0.144. The summed E-state index contributed by atoms with van der Waals surface area (Å²) in [5, 5.41) is 59.5. The van der Waals surface area contributed by atoms with E-state index < -0.39 is 193 Å². The number of phenols is 1. The molecule has 43 nitrogen and oxygen atoms in total. The molecule has 4 aliphatic heterocycles. The number of rotatable bonds is 61. The number of phenolic OH excluding ortho intramolecular Hbond substituents is 1. The van der Waals surface area contributed by atoms with E-state index in [0.717, 1.165) is 29.5 Å². The minimum Gasteiger partial charge on any atom is -0.508 e. The van der Waals surface area contributed by atoms with Crippen molar-refractivity contribution in [2.24, 2.45) is 29.0 Å². The Morgan fingerprint density at radius 3 is 1.59 bits per heavy atom. The zero-order valence-electron chi connectivity index (χ0n) is 83.8. The maximum Gasteiger partial charge on any atom is 0.326 e. The van der Waals surface area contributed by atoms with E-state index in [1.54, 1.807) is 88.5 Å². The van der Waals surface area contributed by atoms with Crippen LogP contribution in [0.5, 0.6) is 5.75 Å². The van der Waals surface area contributed by atoms with Gasteiger partial charge in [0.2, 0.25) is 94.5 Å². The first-order chi connectivity index (χ1) is 70.4. The van der Waals surface area contributed by atoms with Crippen molar-refractivity contribution in [3.63, 3.8) is 0 Å². The summed E-state index contributed by atoms with van der Waals surface area (Å²) in [5.41, 5.74) is 20.5. The van der Waals surface area contributed by atoms with Crippen LogP contribution in [0.3, 0.4) is 0 Å². The number of nitrogens with zero attached hydrogens (tertiary/aromatic N) is 3. The molecule has 6 aromatic rings. The molecule has 0 saturated carbocycles. The highest BCUT2D eigenvalue weighted by Gasteiger charge is 2.46. The van der Waals surface area contributed by atoms with Gasteiger partial charge in [0.1, 0.15) is 78.3 Å². The largest absolute Gasteiger partial charge is 0.508 e. The molecule has 44 heteroatoms. The number of hydrogen-bond acceptors (Lipinski definition) is 23. The third-order valence-corrected chi connectivity index (χ3v) is 27.9. The summed E-state index contributed by atoms with van der Waals surface area (Å²) in [6.07, 6.45) is 7.83. The molecule has 4 fully saturated rings. The Labute approximate surface area is 857 Å². The van der Waals surface area contributed by atoms with E-state index >= 15 is 28.8 Å². The summed E-state index contributed by atoms with van der Waals surface area (Å²) in [5.74, 6) is -14.2. The Kier molecular flexibility index (Phi) is 44.9. The molecule has 15 atom stereocenters. The number of benzene rings is 4. The maximum atomic E-state index is 15.5. The molecule has 0 spiro atoms. The van der Waals surface area contributed by atoms with Crippen LogP contribution >= 0.6 is 11.8 Å². The van der Waals surface area contributed by atoms with Gasteiger partial charge < -0.3 is 122 Å². The molecule has 0 aliphatic carbocycles. The second-order valence-electron chi connectivity index (χ2n) is 38.8. The number of fused-ring (bicyclic) bond motifs is 2. The van der Waals surface area contributed by atoms with Crippen LogP contribution in [0.25, 0.3) is 10.9 Å². The molecule has 147 heavy (non-hydrogen) atoms. The number of likely N-dealkylation sites (tertiary alicyclic amines) is 2. The summed E-state index contributed by atoms with van der Waals surface area (Å²) in [7, 11) is 0. The number of amides is 18. The second-order valence-corrected chi connectivity index (χ2v) is 40.1. The molecule has 0 bridgehead atoms. The van der Waals surface area contributed by atoms with Crippen LogP contribution in [0.4, 0.5) is 4.79 Å². The Hall–Kier alpha value is -14.3. The number of imidazole rings is 1. The van der Waals surface area contributed by atoms with Gasteiger partial charge in [0.05, 0.1) is 25.0 Å². The lowest BCUT2D eigenvalue weighted by Crippen LogP contribution is -2.61. The van der Waals surface area contributed by atoms with Gasteiger partial charge in [0.15, 0.2) is 5.78 Å². The lowest BCUT2D eigenvalue weighted by Gasteiger charge is -2.31. The van der Waals surface area contributed by atoms with Crippen molar-refractivity contribution in [3.8, 4) is 5.75 Å². The number of H-pyrrole nitrogens is 2. The fourth-order valence-electron chi connectivity index (χ4n) is 18.5. The van der Waals surface area contributed by atoms with Crippen LogP contribution in [-0.2, 0) is 107 Å². The van der Waals surface area contributed by atoms with Gasteiger partial charge in [-0.2, -0.15) is 11.8 Å². The van der Waals surface area contributed by atoms with E-state index in [4.69, 9.17) is 17.2 Å². The molecular weight excluding hydrogens is 1910 g/mol. The fraction of sp³-hybridized carbons (Fsp3) is 0.534. The molecule has 2 aromatic heterocycles. The van der Waals surface area contributed by atoms with Crippen LogP contribution < -0.4 is 91.6 Å². The number of thioether (sulfide) groups is 1. The van der Waals surface area contributed by atoms with E-state index in [2.05, 4.69) is 89.4 Å². The third-order valence-electron chi connectivity index (χ3n) is 26.4. The number of carbonyl (C=O) groups is 19. The number of nitrogens with two attached hydrogens (primary N) is 3. The molecule has 796 valence electrons. The molecule has 18 amide bonds. The molecule has 4 aromatic carbocycles. The van der Waals surface area contributed by atoms with Crippen LogP contribution in [-0.4, -0.2) is 276 Å². The van der Waals surface area contributed by atoms with Gasteiger partial charge in [-0.25, -0.2) is 14.6 Å². The molecule has 4 saturated heterocycles. The van der Waals surface area contributed by atoms with E-state index in [1.807, 2.05) is 43.0 Å². The van der Waals surface area contributed by atoms with Gasteiger partial charge in [0, 0.05) is 122 Å². The highest BCUT2D eigenvalue weighted by atomic mass is 32.2. The van der Waals surface area contributed by atoms with Crippen LogP contribution in [0.15, 0.2) is 122 Å². The SMILES string of the molecule is CCCC[C@H](NC(=O)[C@@H]1CCCN1C(=O)[C@H](CCC(N)=O)NC(=O)CNC(=O)[C@@H]1CCCN1C(=O)[C@H](CCCCN)NC(=O)[C@H](CC(C)C)NC(=O)[C@H](CCC(N)=O)NC(=O)[C@H](CC(C)C)NC(=O)[C@H](Cc1ccc(C(=O)c2ccccc2)cc1)NC(=O)[C@H](Cc1cnc[nH]1)NC(=O)[C@H](Cc1c[nH]c2ccccc12)NC(=O)CCCCNC(=O)CCCC[C@@H]1SC[C@@H]2NC(=O)N[C@@H]21)C(=O)N[C@@H](Cc1ccc(O)cc1)C(=O)O. The fourth-order valence-corrected chi connectivity index (χ4v) is 20.1. The predicted octanol–water partition coefficient (Wildman–Crippen LogP) is 2.08. The summed E-state index contributed by atoms with van der Waals surface area (Å²) >= 11 is 1.81. The average Bonchev–Trinajstić information content (AvgIpc) is 1.65. The number of aromatic hydroxyl groups is 1. The highest BCUT2D eigenvalue weighted by molar-refractivity contribution is 8.00. The first kappa shape index (κ1) is 115. The number of carboxylic acids is 1. The van der Waals surface area contributed by atoms with Crippen molar-refractivity contribution in [2.45, 2.75) is 298 Å². The molecule has 0 unspecified atom stereocenters. The summed E-state index contributed by atoms with van der Waals surface area (Å²) in [4.78, 5) is 280. The Bertz CT molecular complexity index is 5540. The van der Waals surface area contributed by atoms with Gasteiger partial charge in [-0.1, -0.05) is 139 Å². The van der Waals surface area contributed by atoms with Crippen molar-refractivity contribution in [3.05, 3.63) is 155 Å². The molecule has 0 radical (unpaired) electrons. The lowest BCUT2D eigenvalue weighted by atomic mass is 9.98. The topological polar surface area (TPSA) is 662 Å². The number of hydrogen-bond donors (Lipinski definition) is 21. The standard InChI is InChI=1S/C103H142N22O21S/c1-6-7-24-70(91(133)121-79(102(144)145)51-62-34-38-67(126)39-35-62)115-99(141)82-28-20-47-125(82)101(143)73(41-43-85(106)128)112-88(131)56-110-98(140)81-27-19-46-124(81)100(142)72(26-15-17-44-104)116-94(136)75(49-60(4)5)117-92(134)71(40-42-84(105)127)114-93(135)74(48-59(2)3)118-95(137)76(50-61-32-36-64(37-33-61)90(132)63-21-9-8-10-22-63)119-97(139)78(53-66-55-107-58-111-66)120-96(138)77(52-65-54-109-69-25-12-11-23-68(65)69)113-87(130)31-16-18-45-108-86(129)30-14-13-29-83-89-80(57-147-83)122-103(146)123-89/h8-12,21-23,25,32-39,54-55,58-60,70-83,89,109,126H,6-7,13-20,24,26-31,40-53,56-57,104H2,1-5H3,(H2,105,127)(H2,106,128)(H,107,111)(H,108,129)(H,110,140)(H,112,131)(H,113,130)(H,114,135)(H,115,141)(H,116,136)(H,117,134)(H,118,137)(H,119,139)(H,120,138)(H,121,133)(H,144,145)(H2,122,123,146)/t70-,71-,72-,73-,74-,75-,76-,77-,78-,79-,80-,81-,82-,83-,89-/m0/s1. The molecule has 10 rings (SSSR count). The summed E-state index contributed by atoms with van der Waals surface area (Å²) in [6.45, 7) is 8.59. The number of aromatic nitrogens is 3. The van der Waals surface area contributed by atoms with Crippen LogP contribution in [0.2, 0.25) is 0 Å². The molecule has 24 N–H and O–H groups in total. The van der Waals surface area contributed by atoms with Gasteiger partial charge >= 0.3 is 12.0 Å². The number of nitrogens with one attached hydrogen (secondary N) is 16. The van der Waals surface area contributed by atoms with E-state index in [1.165, 1.54) is 46.6 Å². The quantitative estimate of drug-likeness (QED) is 0.0148. The first-order valence-electron chi connectivity index (χ1n) is 50.8. The number of urea groups is 1. The first-order valence-corrected chi connectivity index (χ1v) is 51.8. The smallest absolute Gasteiger partial charge is 0.326 e. The van der Waals surface area contributed by atoms with Gasteiger partial charge in [-0.3, -0.25) is 81.5 Å². The minimum atomic E-state index is -1.65. The zero-order chi connectivity index (χ0) is 106. The van der Waals surface area contributed by atoms with Gasteiger partial charge in [0.25, 0.3) is 0 Å². The normalized spacial score (nSPS) is 17.7. The monoisotopic (exact) mass is 2060 g/mol. The summed E-state index contributed by atoms with van der Waals surface area (Å²) < 4.78 is 0. The number of carboxylic acid groups (broad SMARTS) is 1. The minimum absolute atomic E-state index is 0.00794. The summed E-state index contributed by atoms with van der Waals surface area (Å²) in [6, 6.07) is 10.9. The number of carbonyl (C=O) groups excluding carboxylic acids is 18. The van der Waals surface area contributed by atoms with Crippen molar-refractivity contribution in [1.82, 2.24) is 99.2 Å². The molecule has 6 heterocycles. The van der Waals surface area contributed by atoms with Crippen LogP contribution in [0, 0.1) is 11.8 Å². The van der Waals surface area contributed by atoms with E-state index in [9.17, 15) is 72.5 Å². The van der Waals surface area contributed by atoms with Crippen molar-refractivity contribution in [1.29, 1.82) is 0 Å². The van der Waals surface area contributed by atoms with Crippen LogP contribution in [0.1, 0.15) is 221 Å². The van der Waals surface area contributed by atoms with Crippen molar-refractivity contribution >= 4 is 135 Å². The molecule has 4 aliphatic rings. The van der Waals surface area contributed by atoms with E-state index in [0.29, 0.717) is 91.4 Å². The number of para-hydroxylation sites is 1. The number of primary amides is 2. The second kappa shape index (κ2) is 57.5. The number of unbranched alkanes of at least 4 members (excludes halogenated alkanes) is 4. The Morgan fingerprint density at radius 1 is 0.483 bits per heavy atom. The number of aliphatic carboxylic acids is 1.